The lowest BCUT2D eigenvalue weighted by Crippen LogP contribution is -2.52. The number of hydrogen-bond acceptors (Lipinski definition) is 6. The molecule has 3 rings (SSSR count). The minimum atomic E-state index is -3.61. The molecule has 1 aliphatic rings. The van der Waals surface area contributed by atoms with Crippen molar-refractivity contribution in [2.45, 2.75) is 44.2 Å². The van der Waals surface area contributed by atoms with Gasteiger partial charge >= 0.3 is 0 Å². The maximum atomic E-state index is 13.0. The number of nitrogens with one attached hydrogen (secondary N) is 1. The minimum absolute atomic E-state index is 0.0692. The van der Waals surface area contributed by atoms with E-state index in [1.165, 1.54) is 16.4 Å². The molecule has 1 saturated heterocycles. The number of nitrogens with zero attached hydrogens (tertiary/aromatic N) is 4. The summed E-state index contributed by atoms with van der Waals surface area (Å²) in [6.07, 6.45) is 2.58. The first-order valence-electron chi connectivity index (χ1n) is 10.6. The highest BCUT2D eigenvalue weighted by Crippen LogP contribution is 2.21. The molecule has 170 valence electrons. The van der Waals surface area contributed by atoms with E-state index in [0.29, 0.717) is 37.6 Å². The predicted octanol–water partition coefficient (Wildman–Crippen LogP) is 1.79. The van der Waals surface area contributed by atoms with Gasteiger partial charge in [0.25, 0.3) is 5.91 Å². The summed E-state index contributed by atoms with van der Waals surface area (Å²) in [5, 5.41) is 16.4. The lowest BCUT2D eigenvalue weighted by molar-refractivity contribution is 0.0881. The van der Waals surface area contributed by atoms with E-state index < -0.39 is 10.0 Å². The lowest BCUT2D eigenvalue weighted by Gasteiger charge is -2.37. The fourth-order valence-corrected chi connectivity index (χ4v) is 5.04. The molecule has 1 aliphatic heterocycles. The third-order valence-electron chi connectivity index (χ3n) is 5.59. The van der Waals surface area contributed by atoms with Gasteiger partial charge < -0.3 is 10.4 Å². The first kappa shape index (κ1) is 23.4. The molecule has 1 atom stereocenters. The molecule has 1 aromatic heterocycles. The van der Waals surface area contributed by atoms with Gasteiger partial charge in [0, 0.05) is 50.1 Å². The molecule has 0 unspecified atom stereocenters. The van der Waals surface area contributed by atoms with Crippen molar-refractivity contribution in [1.82, 2.24) is 19.0 Å². The van der Waals surface area contributed by atoms with Crippen LogP contribution in [-0.2, 0) is 10.0 Å². The van der Waals surface area contributed by atoms with Gasteiger partial charge in [0.05, 0.1) is 11.5 Å². The number of hydrogen-bond donors (Lipinski definition) is 2. The van der Waals surface area contributed by atoms with Crippen LogP contribution >= 0.6 is 0 Å². The Kier molecular flexibility index (Phi) is 7.47. The molecule has 1 aromatic carbocycles. The van der Waals surface area contributed by atoms with Crippen molar-refractivity contribution < 1.29 is 18.3 Å². The highest BCUT2D eigenvalue weighted by Gasteiger charge is 2.30. The van der Waals surface area contributed by atoms with Gasteiger partial charge in [-0.2, -0.15) is 9.40 Å². The molecule has 31 heavy (non-hydrogen) atoms. The molecule has 2 N–H and O–H groups in total. The molecule has 0 saturated carbocycles. The molecule has 10 heteroatoms. The Morgan fingerprint density at radius 1 is 1.13 bits per heavy atom. The molecule has 9 nitrogen and oxygen atoms in total. The largest absolute Gasteiger partial charge is 0.395 e. The normalized spacial score (nSPS) is 17.1. The number of aromatic nitrogens is 2. The predicted molar refractivity (Wildman–Crippen MR) is 119 cm³/mol. The van der Waals surface area contributed by atoms with Gasteiger partial charge in [0.15, 0.2) is 5.69 Å². The Morgan fingerprint density at radius 3 is 2.29 bits per heavy atom. The van der Waals surface area contributed by atoms with E-state index >= 15 is 0 Å². The Bertz CT molecular complexity index is 975. The molecule has 0 radical (unpaired) electrons. The van der Waals surface area contributed by atoms with Gasteiger partial charge in [-0.15, -0.1) is 0 Å². The Morgan fingerprint density at radius 2 is 1.77 bits per heavy atom. The summed E-state index contributed by atoms with van der Waals surface area (Å²) < 4.78 is 29.1. The van der Waals surface area contributed by atoms with Crippen molar-refractivity contribution in [3.05, 3.63) is 42.2 Å². The lowest BCUT2D eigenvalue weighted by atomic mass is 10.2. The van der Waals surface area contributed by atoms with E-state index in [1.807, 2.05) is 20.8 Å². The summed E-state index contributed by atoms with van der Waals surface area (Å²) in [5.74, 6) is -0.347. The second-order valence-electron chi connectivity index (χ2n) is 7.94. The van der Waals surface area contributed by atoms with Crippen LogP contribution in [0.4, 0.5) is 5.69 Å². The van der Waals surface area contributed by atoms with Gasteiger partial charge in [-0.05, 0) is 50.6 Å². The number of sulfonamides is 1. The quantitative estimate of drug-likeness (QED) is 0.636. The maximum Gasteiger partial charge on any atom is 0.276 e. The van der Waals surface area contributed by atoms with Crippen LogP contribution in [0.15, 0.2) is 41.4 Å². The zero-order valence-corrected chi connectivity index (χ0v) is 19.0. The molecule has 2 heterocycles. The zero-order valence-electron chi connectivity index (χ0n) is 18.2. The third-order valence-corrected chi connectivity index (χ3v) is 7.50. The summed E-state index contributed by atoms with van der Waals surface area (Å²) in [6, 6.07) is 8.05. The fraction of sp³-hybridized carbons (Fsp3) is 0.524. The van der Waals surface area contributed by atoms with Crippen LogP contribution in [0, 0.1) is 0 Å². The van der Waals surface area contributed by atoms with Crippen LogP contribution in [0.1, 0.15) is 43.7 Å². The number of carbonyl (C=O) groups is 1. The first-order chi connectivity index (χ1) is 14.8. The van der Waals surface area contributed by atoms with E-state index in [4.69, 9.17) is 0 Å². The maximum absolute atomic E-state index is 13.0. The monoisotopic (exact) mass is 449 g/mol. The number of benzene rings is 1. The second-order valence-corrected chi connectivity index (χ2v) is 9.88. The summed E-state index contributed by atoms with van der Waals surface area (Å²) in [4.78, 5) is 14.7. The van der Waals surface area contributed by atoms with Crippen LogP contribution in [0.3, 0.4) is 0 Å². The fourth-order valence-electron chi connectivity index (χ4n) is 3.61. The SMILES string of the molecule is CC[C@H](CO)N1CCN(S(=O)(=O)c2ccc(NC(=O)c3ccn(C(C)C)n3)cc2)CC1. The Hall–Kier alpha value is -2.27. The molecule has 0 spiro atoms. The summed E-state index contributed by atoms with van der Waals surface area (Å²) in [7, 11) is -3.61. The van der Waals surface area contributed by atoms with Gasteiger partial charge in [-0.3, -0.25) is 14.4 Å². The van der Waals surface area contributed by atoms with Crippen molar-refractivity contribution in [2.75, 3.05) is 38.1 Å². The molecular weight excluding hydrogens is 418 g/mol. The number of rotatable bonds is 8. The Balaban J connectivity index is 1.63. The third kappa shape index (κ3) is 5.32. The topological polar surface area (TPSA) is 108 Å². The number of carbonyl (C=O) groups excluding carboxylic acids is 1. The van der Waals surface area contributed by atoms with Crippen LogP contribution in [-0.4, -0.2) is 77.2 Å². The van der Waals surface area contributed by atoms with Gasteiger partial charge in [0.1, 0.15) is 0 Å². The average molecular weight is 450 g/mol. The van der Waals surface area contributed by atoms with Crippen molar-refractivity contribution in [2.24, 2.45) is 0 Å². The number of anilines is 1. The number of aliphatic hydroxyl groups is 1. The van der Waals surface area contributed by atoms with Gasteiger partial charge in [-0.25, -0.2) is 8.42 Å². The second kappa shape index (κ2) is 9.90. The van der Waals surface area contributed by atoms with Crippen LogP contribution in [0.2, 0.25) is 0 Å². The smallest absolute Gasteiger partial charge is 0.276 e. The average Bonchev–Trinajstić information content (AvgIpc) is 3.26. The van der Waals surface area contributed by atoms with Crippen LogP contribution in [0.5, 0.6) is 0 Å². The Labute approximate surface area is 183 Å². The molecule has 2 aromatic rings. The first-order valence-corrected chi connectivity index (χ1v) is 12.0. The van der Waals surface area contributed by atoms with Gasteiger partial charge in [0.2, 0.25) is 10.0 Å². The number of piperazine rings is 1. The molecule has 1 fully saturated rings. The van der Waals surface area contributed by atoms with Crippen LogP contribution in [0.25, 0.3) is 0 Å². The zero-order chi connectivity index (χ0) is 22.6. The summed E-state index contributed by atoms with van der Waals surface area (Å²) >= 11 is 0. The molecule has 0 bridgehead atoms. The molecule has 0 aliphatic carbocycles. The van der Waals surface area contributed by atoms with E-state index in [-0.39, 0.29) is 29.5 Å². The minimum Gasteiger partial charge on any atom is -0.395 e. The number of aliphatic hydroxyl groups excluding tert-OH is 1. The summed E-state index contributed by atoms with van der Waals surface area (Å²) in [6.45, 7) is 8.00. The van der Waals surface area contributed by atoms with Gasteiger partial charge in [-0.1, -0.05) is 6.92 Å². The van der Waals surface area contributed by atoms with E-state index in [1.54, 1.807) is 29.1 Å². The van der Waals surface area contributed by atoms with Crippen molar-refractivity contribution in [1.29, 1.82) is 0 Å². The van der Waals surface area contributed by atoms with Crippen molar-refractivity contribution in [3.8, 4) is 0 Å². The van der Waals surface area contributed by atoms with Crippen molar-refractivity contribution >= 4 is 21.6 Å². The van der Waals surface area contributed by atoms with E-state index in [9.17, 15) is 18.3 Å². The van der Waals surface area contributed by atoms with Crippen LogP contribution < -0.4 is 5.32 Å². The highest BCUT2D eigenvalue weighted by molar-refractivity contribution is 7.89. The number of amides is 1. The standard InChI is InChI=1S/C21H31N5O4S/c1-4-18(15-27)24-11-13-25(14-12-24)31(29,30)19-7-5-17(6-8-19)22-21(28)20-9-10-26(23-20)16(2)3/h5-10,16,18,27H,4,11-15H2,1-3H3,(H,22,28)/t18-/m1/s1. The summed E-state index contributed by atoms with van der Waals surface area (Å²) in [5.41, 5.74) is 0.804. The van der Waals surface area contributed by atoms with E-state index in [0.717, 1.165) is 6.42 Å². The highest BCUT2D eigenvalue weighted by atomic mass is 32.2. The van der Waals surface area contributed by atoms with Crippen molar-refractivity contribution in [3.63, 3.8) is 0 Å². The molecular formula is C21H31N5O4S. The molecule has 1 amide bonds. The van der Waals surface area contributed by atoms with E-state index in [2.05, 4.69) is 15.3 Å².